The molecule has 0 spiro atoms. The molecule has 1 saturated carbocycles. The molecule has 8 heteroatoms. The number of aliphatic carboxylic acids is 1. The van der Waals surface area contributed by atoms with Gasteiger partial charge in [-0.25, -0.2) is 18.0 Å². The van der Waals surface area contributed by atoms with Gasteiger partial charge in [-0.15, -0.1) is 0 Å². The number of piperidine rings is 1. The second-order valence-corrected chi connectivity index (χ2v) is 8.72. The minimum Gasteiger partial charge on any atom is -0.480 e. The fraction of sp³-hybridized carbons (Fsp3) is 0.857. The Balaban J connectivity index is 1.96. The van der Waals surface area contributed by atoms with E-state index in [1.54, 1.807) is 0 Å². The highest BCUT2D eigenvalue weighted by molar-refractivity contribution is 7.91. The Morgan fingerprint density at radius 1 is 1.14 bits per heavy atom. The van der Waals surface area contributed by atoms with Gasteiger partial charge in [0, 0.05) is 19.3 Å². The van der Waals surface area contributed by atoms with Crippen molar-refractivity contribution in [2.45, 2.75) is 55.7 Å². The normalized spacial score (nSPS) is 23.0. The lowest BCUT2D eigenvalue weighted by Crippen LogP contribution is -2.59. The number of carbonyl (C=O) groups excluding carboxylic acids is 1. The van der Waals surface area contributed by atoms with Gasteiger partial charge >= 0.3 is 12.0 Å². The van der Waals surface area contributed by atoms with Gasteiger partial charge < -0.3 is 15.3 Å². The molecule has 7 nitrogen and oxygen atoms in total. The number of carboxylic acid groups (broad SMARTS) is 1. The van der Waals surface area contributed by atoms with Gasteiger partial charge in [0.2, 0.25) is 0 Å². The Kier molecular flexibility index (Phi) is 4.99. The second-order valence-electron chi connectivity index (χ2n) is 6.39. The number of sulfone groups is 1. The molecule has 0 radical (unpaired) electrons. The summed E-state index contributed by atoms with van der Waals surface area (Å²) < 4.78 is 23.0. The van der Waals surface area contributed by atoms with E-state index in [9.17, 15) is 23.1 Å². The van der Waals surface area contributed by atoms with Crippen molar-refractivity contribution in [2.24, 2.45) is 0 Å². The first kappa shape index (κ1) is 17.1. The summed E-state index contributed by atoms with van der Waals surface area (Å²) >= 11 is 0. The maximum atomic E-state index is 12.3. The zero-order valence-corrected chi connectivity index (χ0v) is 13.7. The summed E-state index contributed by atoms with van der Waals surface area (Å²) in [4.78, 5) is 25.4. The number of nitrogens with zero attached hydrogens (tertiary/aromatic N) is 1. The fourth-order valence-corrected chi connectivity index (χ4v) is 4.39. The monoisotopic (exact) mass is 332 g/mol. The van der Waals surface area contributed by atoms with E-state index in [-0.39, 0.29) is 0 Å². The van der Waals surface area contributed by atoms with Crippen LogP contribution in [0.25, 0.3) is 0 Å². The number of amides is 2. The minimum atomic E-state index is -3.08. The molecule has 0 aromatic heterocycles. The molecule has 0 aromatic carbocycles. The van der Waals surface area contributed by atoms with Crippen molar-refractivity contribution >= 4 is 21.8 Å². The Morgan fingerprint density at radius 2 is 1.68 bits per heavy atom. The molecular formula is C14H24N2O5S. The van der Waals surface area contributed by atoms with Crippen molar-refractivity contribution in [3.05, 3.63) is 0 Å². The molecule has 2 aliphatic rings. The highest BCUT2D eigenvalue weighted by Gasteiger charge is 2.42. The molecule has 1 saturated heterocycles. The third-order valence-corrected chi connectivity index (χ3v) is 6.48. The zero-order chi connectivity index (χ0) is 16.4. The van der Waals surface area contributed by atoms with Crippen molar-refractivity contribution in [3.8, 4) is 0 Å². The fourth-order valence-electron chi connectivity index (χ4n) is 3.32. The Morgan fingerprint density at radius 3 is 2.14 bits per heavy atom. The predicted molar refractivity (Wildman–Crippen MR) is 81.4 cm³/mol. The maximum absolute atomic E-state index is 12.3. The van der Waals surface area contributed by atoms with E-state index in [0.717, 1.165) is 19.3 Å². The van der Waals surface area contributed by atoms with E-state index in [1.807, 2.05) is 0 Å². The number of carbonyl (C=O) groups is 2. The summed E-state index contributed by atoms with van der Waals surface area (Å²) in [5.41, 5.74) is -1.16. The summed E-state index contributed by atoms with van der Waals surface area (Å²) in [6, 6.07) is -0.392. The number of urea groups is 1. The number of hydrogen-bond donors (Lipinski definition) is 2. The van der Waals surface area contributed by atoms with E-state index >= 15 is 0 Å². The van der Waals surface area contributed by atoms with Crippen LogP contribution in [0.3, 0.4) is 0 Å². The number of carboxylic acids is 1. The number of hydrogen-bond acceptors (Lipinski definition) is 4. The molecule has 0 atom stereocenters. The molecule has 1 aliphatic heterocycles. The van der Waals surface area contributed by atoms with E-state index in [4.69, 9.17) is 0 Å². The summed E-state index contributed by atoms with van der Waals surface area (Å²) in [5.74, 6) is -0.980. The summed E-state index contributed by atoms with van der Waals surface area (Å²) in [6.07, 6.45) is 5.52. The lowest BCUT2D eigenvalue weighted by molar-refractivity contribution is -0.146. The molecule has 0 aromatic rings. The second kappa shape index (κ2) is 6.44. The van der Waals surface area contributed by atoms with Gasteiger partial charge in [-0.1, -0.05) is 19.3 Å². The SMILES string of the molecule is CS(=O)(=O)C1CCN(C(=O)NC2(C(=O)O)CCCCC2)CC1. The average Bonchev–Trinajstić information content (AvgIpc) is 2.47. The van der Waals surface area contributed by atoms with E-state index in [0.29, 0.717) is 38.8 Å². The summed E-state index contributed by atoms with van der Waals surface area (Å²) in [5, 5.41) is 11.8. The van der Waals surface area contributed by atoms with Crippen LogP contribution in [-0.4, -0.2) is 60.6 Å². The summed E-state index contributed by atoms with van der Waals surface area (Å²) in [6.45, 7) is 0.693. The van der Waals surface area contributed by atoms with Crippen LogP contribution < -0.4 is 5.32 Å². The molecule has 2 fully saturated rings. The predicted octanol–water partition coefficient (Wildman–Crippen LogP) is 0.992. The van der Waals surface area contributed by atoms with Crippen molar-refractivity contribution < 1.29 is 23.1 Å². The molecule has 0 unspecified atom stereocenters. The Labute approximate surface area is 131 Å². The van der Waals surface area contributed by atoms with Crippen molar-refractivity contribution in [3.63, 3.8) is 0 Å². The van der Waals surface area contributed by atoms with Gasteiger partial charge in [0.25, 0.3) is 0 Å². The van der Waals surface area contributed by atoms with Gasteiger partial charge in [0.15, 0.2) is 0 Å². The molecule has 126 valence electrons. The lowest BCUT2D eigenvalue weighted by atomic mass is 9.82. The van der Waals surface area contributed by atoms with Gasteiger partial charge in [0.05, 0.1) is 5.25 Å². The van der Waals surface area contributed by atoms with Crippen molar-refractivity contribution in [1.82, 2.24) is 10.2 Å². The van der Waals surface area contributed by atoms with Crippen LogP contribution in [0.1, 0.15) is 44.9 Å². The number of likely N-dealkylation sites (tertiary alicyclic amines) is 1. The highest BCUT2D eigenvalue weighted by Crippen LogP contribution is 2.29. The average molecular weight is 332 g/mol. The van der Waals surface area contributed by atoms with Gasteiger partial charge in [0.1, 0.15) is 15.4 Å². The zero-order valence-electron chi connectivity index (χ0n) is 12.9. The molecule has 0 bridgehead atoms. The van der Waals surface area contributed by atoms with Crippen LogP contribution in [0.5, 0.6) is 0 Å². The smallest absolute Gasteiger partial charge is 0.329 e. The van der Waals surface area contributed by atoms with E-state index in [2.05, 4.69) is 5.32 Å². The van der Waals surface area contributed by atoms with E-state index < -0.39 is 32.6 Å². The lowest BCUT2D eigenvalue weighted by Gasteiger charge is -2.38. The van der Waals surface area contributed by atoms with Gasteiger partial charge in [-0.3, -0.25) is 0 Å². The first-order valence-corrected chi connectivity index (χ1v) is 9.69. The topological polar surface area (TPSA) is 104 Å². The maximum Gasteiger partial charge on any atom is 0.329 e. The van der Waals surface area contributed by atoms with E-state index in [1.165, 1.54) is 11.2 Å². The van der Waals surface area contributed by atoms with Crippen LogP contribution in [0, 0.1) is 0 Å². The molecule has 2 amide bonds. The number of rotatable bonds is 3. The molecule has 1 heterocycles. The van der Waals surface area contributed by atoms with Crippen LogP contribution in [0.4, 0.5) is 4.79 Å². The van der Waals surface area contributed by atoms with Crippen molar-refractivity contribution in [1.29, 1.82) is 0 Å². The third kappa shape index (κ3) is 3.71. The largest absolute Gasteiger partial charge is 0.480 e. The van der Waals surface area contributed by atoms with Gasteiger partial charge in [-0.05, 0) is 25.7 Å². The Hall–Kier alpha value is -1.31. The molecular weight excluding hydrogens is 308 g/mol. The quantitative estimate of drug-likeness (QED) is 0.802. The van der Waals surface area contributed by atoms with Crippen molar-refractivity contribution in [2.75, 3.05) is 19.3 Å². The van der Waals surface area contributed by atoms with Crippen LogP contribution in [0.15, 0.2) is 0 Å². The standard InChI is InChI=1S/C14H24N2O5S/c1-22(20,21)11-5-9-16(10-6-11)13(19)15-14(12(17)18)7-3-2-4-8-14/h11H,2-10H2,1H3,(H,15,19)(H,17,18). The molecule has 2 N–H and O–H groups in total. The molecule has 22 heavy (non-hydrogen) atoms. The minimum absolute atomic E-state index is 0.346. The first-order valence-electron chi connectivity index (χ1n) is 7.74. The highest BCUT2D eigenvalue weighted by atomic mass is 32.2. The molecule has 2 rings (SSSR count). The van der Waals surface area contributed by atoms with Crippen LogP contribution in [0.2, 0.25) is 0 Å². The Bertz CT molecular complexity index is 531. The third-order valence-electron chi connectivity index (χ3n) is 4.80. The molecule has 1 aliphatic carbocycles. The number of nitrogens with one attached hydrogen (secondary N) is 1. The van der Waals surface area contributed by atoms with Crippen LogP contribution in [-0.2, 0) is 14.6 Å². The van der Waals surface area contributed by atoms with Crippen LogP contribution >= 0.6 is 0 Å². The summed E-state index contributed by atoms with van der Waals surface area (Å²) in [7, 11) is -3.08. The van der Waals surface area contributed by atoms with Gasteiger partial charge in [-0.2, -0.15) is 0 Å². The first-order chi connectivity index (χ1) is 10.2.